The predicted octanol–water partition coefficient (Wildman–Crippen LogP) is 4.08. The van der Waals surface area contributed by atoms with Gasteiger partial charge in [0.1, 0.15) is 0 Å². The van der Waals surface area contributed by atoms with Gasteiger partial charge in [0.2, 0.25) is 0 Å². The van der Waals surface area contributed by atoms with E-state index in [0.717, 1.165) is 10.0 Å². The number of halogens is 1. The molecular weight excluding hydrogens is 362 g/mol. The molecule has 0 spiro atoms. The maximum absolute atomic E-state index is 12.3. The minimum atomic E-state index is -0.0531. The molecule has 1 fully saturated rings. The molecule has 22 heavy (non-hydrogen) atoms. The van der Waals surface area contributed by atoms with Gasteiger partial charge in [0, 0.05) is 17.7 Å². The highest BCUT2D eigenvalue weighted by Crippen LogP contribution is 2.32. The molecule has 2 aromatic rings. The first-order chi connectivity index (χ1) is 10.6. The molecule has 1 saturated heterocycles. The van der Waals surface area contributed by atoms with E-state index in [2.05, 4.69) is 25.9 Å². The van der Waals surface area contributed by atoms with Gasteiger partial charge in [-0.05, 0) is 47.7 Å². The Morgan fingerprint density at radius 3 is 2.68 bits per heavy atom. The van der Waals surface area contributed by atoms with Crippen molar-refractivity contribution in [1.29, 1.82) is 0 Å². The van der Waals surface area contributed by atoms with Crippen LogP contribution in [0.15, 0.2) is 63.0 Å². The van der Waals surface area contributed by atoms with Gasteiger partial charge in [0.25, 0.3) is 5.91 Å². The highest BCUT2D eigenvalue weighted by atomic mass is 79.9. The minimum absolute atomic E-state index is 0.0531. The number of benzene rings is 1. The minimum Gasteiger partial charge on any atom is -0.289 e. The molecule has 0 N–H and O–H groups in total. The normalized spacial score (nSPS) is 18.5. The number of rotatable bonds is 2. The van der Waals surface area contributed by atoms with E-state index < -0.39 is 0 Å². The van der Waals surface area contributed by atoms with Crippen LogP contribution in [-0.2, 0) is 4.79 Å². The maximum Gasteiger partial charge on any atom is 0.266 e. The summed E-state index contributed by atoms with van der Waals surface area (Å²) in [6.45, 7) is 0. The zero-order valence-electron chi connectivity index (χ0n) is 11.7. The Kier molecular flexibility index (Phi) is 4.40. The van der Waals surface area contributed by atoms with Gasteiger partial charge in [0.05, 0.1) is 4.91 Å². The number of aromatic nitrogens is 1. The molecule has 0 radical (unpaired) electrons. The first-order valence-corrected chi connectivity index (χ1v) is 8.17. The van der Waals surface area contributed by atoms with Crippen LogP contribution in [0, 0.1) is 0 Å². The Hall–Kier alpha value is -1.92. The average Bonchev–Trinajstić information content (AvgIpc) is 2.79. The second-order valence-corrected chi connectivity index (χ2v) is 6.53. The first-order valence-electron chi connectivity index (χ1n) is 6.56. The molecule has 0 unspecified atom stereocenters. The first kappa shape index (κ1) is 15.0. The van der Waals surface area contributed by atoms with Crippen molar-refractivity contribution in [2.45, 2.75) is 0 Å². The molecule has 0 atom stereocenters. The van der Waals surface area contributed by atoms with E-state index in [9.17, 15) is 4.79 Å². The molecule has 0 saturated carbocycles. The number of carbonyl (C=O) groups is 1. The maximum atomic E-state index is 12.3. The van der Waals surface area contributed by atoms with Gasteiger partial charge in [-0.3, -0.25) is 9.69 Å². The van der Waals surface area contributed by atoms with Crippen molar-refractivity contribution in [3.63, 3.8) is 0 Å². The molecule has 1 aromatic heterocycles. The summed E-state index contributed by atoms with van der Waals surface area (Å²) in [5.41, 5.74) is 0.978. The third-order valence-electron chi connectivity index (χ3n) is 3.03. The lowest BCUT2D eigenvalue weighted by Gasteiger charge is -2.06. The Balaban J connectivity index is 1.88. The van der Waals surface area contributed by atoms with Crippen molar-refractivity contribution < 1.29 is 4.79 Å². The monoisotopic (exact) mass is 373 g/mol. The summed E-state index contributed by atoms with van der Waals surface area (Å²) < 4.78 is 1.01. The summed E-state index contributed by atoms with van der Waals surface area (Å²) in [5.74, 6) is 0.539. The second-order valence-electron chi connectivity index (χ2n) is 4.61. The lowest BCUT2D eigenvalue weighted by molar-refractivity contribution is -0.121. The number of aliphatic imine (C=N–C) groups is 1. The number of thioether (sulfide) groups is 1. The van der Waals surface area contributed by atoms with Crippen molar-refractivity contribution in [2.75, 3.05) is 7.05 Å². The van der Waals surface area contributed by atoms with Crippen LogP contribution in [-0.4, -0.2) is 28.0 Å². The van der Waals surface area contributed by atoms with Crippen molar-refractivity contribution in [1.82, 2.24) is 9.88 Å². The summed E-state index contributed by atoms with van der Waals surface area (Å²) >= 11 is 4.76. The largest absolute Gasteiger partial charge is 0.289 e. The van der Waals surface area contributed by atoms with Gasteiger partial charge in [-0.25, -0.2) is 9.98 Å². The van der Waals surface area contributed by atoms with E-state index in [0.29, 0.717) is 15.9 Å². The quantitative estimate of drug-likeness (QED) is 0.745. The Morgan fingerprint density at radius 2 is 2.00 bits per heavy atom. The van der Waals surface area contributed by atoms with Crippen LogP contribution in [0.2, 0.25) is 0 Å². The fourth-order valence-corrected chi connectivity index (χ4v) is 3.12. The standard InChI is InChI=1S/C16H12BrN3OS/c1-20-15(21)13(10-11-5-7-12(17)8-6-11)22-16(20)19-14-4-2-3-9-18-14/h2-10H,1H3/b13-10-,19-16+. The Morgan fingerprint density at radius 1 is 1.23 bits per heavy atom. The number of likely N-dealkylation sites (N-methyl/N-ethyl adjacent to an activating group) is 1. The summed E-state index contributed by atoms with van der Waals surface area (Å²) in [6.07, 6.45) is 3.55. The topological polar surface area (TPSA) is 45.6 Å². The van der Waals surface area contributed by atoms with Crippen LogP contribution < -0.4 is 0 Å². The van der Waals surface area contributed by atoms with Crippen LogP contribution in [0.25, 0.3) is 6.08 Å². The van der Waals surface area contributed by atoms with Crippen LogP contribution in [0.5, 0.6) is 0 Å². The summed E-state index contributed by atoms with van der Waals surface area (Å²) in [4.78, 5) is 23.1. The number of amides is 1. The predicted molar refractivity (Wildman–Crippen MR) is 93.8 cm³/mol. The molecule has 110 valence electrons. The molecule has 1 aromatic carbocycles. The third kappa shape index (κ3) is 3.28. The fourth-order valence-electron chi connectivity index (χ4n) is 1.88. The van der Waals surface area contributed by atoms with Gasteiger partial charge >= 0.3 is 0 Å². The molecular formula is C16H12BrN3OS. The number of hydrogen-bond donors (Lipinski definition) is 0. The van der Waals surface area contributed by atoms with E-state index in [4.69, 9.17) is 0 Å². The lowest BCUT2D eigenvalue weighted by Crippen LogP contribution is -2.23. The summed E-state index contributed by atoms with van der Waals surface area (Å²) in [6, 6.07) is 13.3. The van der Waals surface area contributed by atoms with E-state index >= 15 is 0 Å². The van der Waals surface area contributed by atoms with Gasteiger partial charge in [-0.1, -0.05) is 34.1 Å². The smallest absolute Gasteiger partial charge is 0.266 e. The molecule has 1 amide bonds. The van der Waals surface area contributed by atoms with Crippen molar-refractivity contribution in [2.24, 2.45) is 4.99 Å². The number of nitrogens with zero attached hydrogens (tertiary/aromatic N) is 3. The molecule has 3 rings (SSSR count). The van der Waals surface area contributed by atoms with Crippen molar-refractivity contribution >= 4 is 50.7 Å². The van der Waals surface area contributed by atoms with Gasteiger partial charge in [-0.15, -0.1) is 0 Å². The lowest BCUT2D eigenvalue weighted by atomic mass is 10.2. The highest BCUT2D eigenvalue weighted by molar-refractivity contribution is 9.10. The average molecular weight is 374 g/mol. The van der Waals surface area contributed by atoms with E-state index in [-0.39, 0.29) is 5.91 Å². The molecule has 2 heterocycles. The zero-order chi connectivity index (χ0) is 15.5. The van der Waals surface area contributed by atoms with Crippen molar-refractivity contribution in [3.05, 3.63) is 63.6 Å². The van der Waals surface area contributed by atoms with E-state index in [1.807, 2.05) is 48.5 Å². The fraction of sp³-hybridized carbons (Fsp3) is 0.0625. The van der Waals surface area contributed by atoms with Crippen LogP contribution in [0.1, 0.15) is 5.56 Å². The number of pyridine rings is 1. The SMILES string of the molecule is CN1C(=O)/C(=C/c2ccc(Br)cc2)S/C1=N/c1ccccn1. The van der Waals surface area contributed by atoms with Crippen LogP contribution in [0.3, 0.4) is 0 Å². The third-order valence-corrected chi connectivity index (χ3v) is 4.62. The second kappa shape index (κ2) is 6.46. The summed E-state index contributed by atoms with van der Waals surface area (Å²) in [5, 5.41) is 0.632. The van der Waals surface area contributed by atoms with Crippen LogP contribution >= 0.6 is 27.7 Å². The van der Waals surface area contributed by atoms with Gasteiger partial charge in [-0.2, -0.15) is 0 Å². The molecule has 1 aliphatic heterocycles. The highest BCUT2D eigenvalue weighted by Gasteiger charge is 2.30. The number of carbonyl (C=O) groups excluding carboxylic acids is 1. The van der Waals surface area contributed by atoms with E-state index in [1.165, 1.54) is 11.8 Å². The van der Waals surface area contributed by atoms with E-state index in [1.54, 1.807) is 18.1 Å². The Labute approximate surface area is 141 Å². The molecule has 4 nitrogen and oxygen atoms in total. The van der Waals surface area contributed by atoms with Crippen molar-refractivity contribution in [3.8, 4) is 0 Å². The molecule has 0 bridgehead atoms. The summed E-state index contributed by atoms with van der Waals surface area (Å²) in [7, 11) is 1.72. The Bertz CT molecular complexity index is 757. The number of amidine groups is 1. The number of hydrogen-bond acceptors (Lipinski definition) is 4. The molecule has 1 aliphatic rings. The zero-order valence-corrected chi connectivity index (χ0v) is 14.1. The van der Waals surface area contributed by atoms with Gasteiger partial charge < -0.3 is 0 Å². The van der Waals surface area contributed by atoms with Gasteiger partial charge in [0.15, 0.2) is 11.0 Å². The van der Waals surface area contributed by atoms with Crippen LogP contribution in [0.4, 0.5) is 5.82 Å². The molecule has 6 heteroatoms. The molecule has 0 aliphatic carbocycles.